The van der Waals surface area contributed by atoms with Gasteiger partial charge in [-0.15, -0.1) is 6.58 Å². The number of allylic oxidation sites excluding steroid dienone is 1. The van der Waals surface area contributed by atoms with Crippen LogP contribution in [0.15, 0.2) is 43.0 Å². The van der Waals surface area contributed by atoms with Crippen LogP contribution < -0.4 is 24.8 Å². The number of methoxy groups -OCH3 is 1. The minimum absolute atomic E-state index is 0.0307. The van der Waals surface area contributed by atoms with Crippen molar-refractivity contribution in [3.05, 3.63) is 48.6 Å². The molecule has 1 aromatic heterocycles. The summed E-state index contributed by atoms with van der Waals surface area (Å²) in [5.74, 6) is -1.04. The van der Waals surface area contributed by atoms with Crippen LogP contribution in [0.3, 0.4) is 0 Å². The van der Waals surface area contributed by atoms with E-state index in [4.69, 9.17) is 14.5 Å². The maximum absolute atomic E-state index is 14.9. The van der Waals surface area contributed by atoms with Gasteiger partial charge in [0, 0.05) is 42.4 Å². The summed E-state index contributed by atoms with van der Waals surface area (Å²) >= 11 is 0. The summed E-state index contributed by atoms with van der Waals surface area (Å²) in [6.07, 6.45) is 13.2. The molecule has 5 amide bonds. The molecule has 0 radical (unpaired) electrons. The number of fused-ring (bicyclic) bond motifs is 6. The van der Waals surface area contributed by atoms with Crippen molar-refractivity contribution in [1.29, 1.82) is 0 Å². The van der Waals surface area contributed by atoms with Gasteiger partial charge in [0.05, 0.1) is 24.4 Å². The monoisotopic (exact) mass is 788 g/mol. The van der Waals surface area contributed by atoms with Gasteiger partial charge >= 0.3 is 6.03 Å². The first-order valence-corrected chi connectivity index (χ1v) is 21.7. The average Bonchev–Trinajstić information content (AvgIpc) is 3.95. The smallest absolute Gasteiger partial charge is 0.318 e. The lowest BCUT2D eigenvalue weighted by Gasteiger charge is -2.33. The molecule has 300 valence electrons. The van der Waals surface area contributed by atoms with Gasteiger partial charge < -0.3 is 29.9 Å². The summed E-state index contributed by atoms with van der Waals surface area (Å²) in [6.45, 7) is 5.09. The van der Waals surface area contributed by atoms with Crippen LogP contribution in [0.5, 0.6) is 11.6 Å². The van der Waals surface area contributed by atoms with Gasteiger partial charge in [-0.2, -0.15) is 0 Å². The van der Waals surface area contributed by atoms with Crippen LogP contribution in [0.2, 0.25) is 0 Å². The van der Waals surface area contributed by atoms with Crippen LogP contribution >= 0.6 is 0 Å². The molecule has 1 aromatic carbocycles. The second-order valence-electron chi connectivity index (χ2n) is 16.5. The Balaban J connectivity index is 1.14. The number of nitrogens with zero attached hydrogens (tertiary/aromatic N) is 3. The molecule has 6 atom stereocenters. The Morgan fingerprint density at radius 1 is 1.07 bits per heavy atom. The van der Waals surface area contributed by atoms with Crippen molar-refractivity contribution >= 4 is 50.8 Å². The number of benzene rings is 1. The number of carbonyl (C=O) groups excluding carboxylic acids is 4. The van der Waals surface area contributed by atoms with Gasteiger partial charge in [0.15, 0.2) is 0 Å². The van der Waals surface area contributed by atoms with E-state index in [9.17, 15) is 27.6 Å². The van der Waals surface area contributed by atoms with Crippen LogP contribution in [0.25, 0.3) is 17.0 Å². The predicted octanol–water partition coefficient (Wildman–Crippen LogP) is 4.05. The number of nitrogens with one attached hydrogen (secondary N) is 3. The number of hydrogen-bond donors (Lipinski definition) is 3. The number of carbonyl (C=O) groups is 4. The topological polar surface area (TPSA) is 176 Å². The summed E-state index contributed by atoms with van der Waals surface area (Å²) in [5, 5.41) is 6.25. The Morgan fingerprint density at radius 3 is 2.61 bits per heavy atom. The zero-order chi connectivity index (χ0) is 39.2. The molecule has 2 aromatic rings. The van der Waals surface area contributed by atoms with Crippen LogP contribution in [0.1, 0.15) is 82.6 Å². The summed E-state index contributed by atoms with van der Waals surface area (Å²) in [6, 6.07) is 5.44. The van der Waals surface area contributed by atoms with Crippen molar-refractivity contribution in [2.75, 3.05) is 26.7 Å². The summed E-state index contributed by atoms with van der Waals surface area (Å²) < 4.78 is 39.9. The van der Waals surface area contributed by atoms with Gasteiger partial charge in [-0.1, -0.05) is 31.1 Å². The maximum atomic E-state index is 14.9. The molecule has 4 bridgehead atoms. The quantitative estimate of drug-likeness (QED) is 0.334. The van der Waals surface area contributed by atoms with Gasteiger partial charge in [-0.25, -0.2) is 18.2 Å². The Kier molecular flexibility index (Phi) is 10.5. The molecular formula is C41H52N6O8S. The molecule has 3 aliphatic carbocycles. The first-order valence-electron chi connectivity index (χ1n) is 20.2. The molecule has 15 heteroatoms. The number of ether oxygens (including phenoxy) is 2. The Bertz CT molecular complexity index is 2050. The summed E-state index contributed by atoms with van der Waals surface area (Å²) in [7, 11) is -2.30. The molecule has 2 saturated heterocycles. The van der Waals surface area contributed by atoms with E-state index >= 15 is 0 Å². The van der Waals surface area contributed by atoms with E-state index in [1.165, 1.54) is 11.0 Å². The Hall–Kier alpha value is -4.66. The fraction of sp³-hybridized carbons (Fsp3) is 0.585. The lowest BCUT2D eigenvalue weighted by molar-refractivity contribution is -0.142. The Morgan fingerprint density at radius 2 is 1.88 bits per heavy atom. The molecule has 0 spiro atoms. The number of pyridine rings is 1. The van der Waals surface area contributed by atoms with Crippen LogP contribution in [-0.4, -0.2) is 103 Å². The van der Waals surface area contributed by atoms with Crippen molar-refractivity contribution in [2.24, 2.45) is 17.8 Å². The predicted molar refractivity (Wildman–Crippen MR) is 209 cm³/mol. The van der Waals surface area contributed by atoms with Crippen molar-refractivity contribution in [3.63, 3.8) is 0 Å². The third-order valence-electron chi connectivity index (χ3n) is 12.7. The fourth-order valence-electron chi connectivity index (χ4n) is 9.10. The van der Waals surface area contributed by atoms with Crippen LogP contribution in [0.4, 0.5) is 4.79 Å². The average molecular weight is 789 g/mol. The zero-order valence-electron chi connectivity index (χ0n) is 31.9. The minimum atomic E-state index is -3.89. The largest absolute Gasteiger partial charge is 0.497 e. The van der Waals surface area contributed by atoms with Gasteiger partial charge in [0.25, 0.3) is 5.91 Å². The number of sulfonamides is 1. The number of amides is 5. The van der Waals surface area contributed by atoms with Crippen molar-refractivity contribution in [1.82, 2.24) is 30.1 Å². The third kappa shape index (κ3) is 7.70. The second-order valence-corrected chi connectivity index (χ2v) is 18.5. The fourth-order valence-corrected chi connectivity index (χ4v) is 10.5. The molecule has 56 heavy (non-hydrogen) atoms. The van der Waals surface area contributed by atoms with E-state index in [0.717, 1.165) is 62.3 Å². The van der Waals surface area contributed by atoms with Gasteiger partial charge in [-0.05, 0) is 87.8 Å². The number of hydrogen-bond acceptors (Lipinski definition) is 9. The summed E-state index contributed by atoms with van der Waals surface area (Å²) in [4.78, 5) is 65.0. The number of rotatable bonds is 8. The first kappa shape index (κ1) is 38.2. The highest BCUT2D eigenvalue weighted by molar-refractivity contribution is 7.91. The van der Waals surface area contributed by atoms with E-state index < -0.39 is 56.7 Å². The summed E-state index contributed by atoms with van der Waals surface area (Å²) in [5.41, 5.74) is -0.104. The zero-order valence-corrected chi connectivity index (χ0v) is 32.7. The van der Waals surface area contributed by atoms with E-state index in [2.05, 4.69) is 28.0 Å². The first-order chi connectivity index (χ1) is 27.0. The highest BCUT2D eigenvalue weighted by Crippen LogP contribution is 2.46. The van der Waals surface area contributed by atoms with Crippen molar-refractivity contribution in [2.45, 2.75) is 106 Å². The lowest BCUT2D eigenvalue weighted by Crippen LogP contribution is -2.59. The third-order valence-corrected chi connectivity index (χ3v) is 14.5. The number of urea groups is 1. The Labute approximate surface area is 327 Å². The number of aromatic nitrogens is 1. The standard InChI is InChI=1S/C41H52N6O8S/c1-3-29-22-41(29,39(50)45-56(52,53)32-15-16-32)44-36(48)34-21-31-24-47(34)38(49)35(26-10-7-8-11-26)43-40(51)46-18-17-25(23-46)9-5-4-6-12-28-19-27-13-14-30(54-2)20-33(27)42-37(28)55-31/h3,6,12-14,19-20,25-26,29,31-32,34-35H,1,4-5,7-11,15-18,21-24H2,2H3,(H,43,51)(H,44,48)(H,45,50)/b12-6+/t25-,29-,31+,34-,35-,41-/m0/s1. The van der Waals surface area contributed by atoms with Crippen molar-refractivity contribution in [3.8, 4) is 11.6 Å². The molecule has 5 fully saturated rings. The van der Waals surface area contributed by atoms with Crippen LogP contribution in [0, 0.1) is 17.8 Å². The van der Waals surface area contributed by atoms with Crippen molar-refractivity contribution < 1.29 is 37.1 Å². The molecule has 6 aliphatic rings. The van der Waals surface area contributed by atoms with Gasteiger partial charge in [0.1, 0.15) is 29.5 Å². The van der Waals surface area contributed by atoms with Gasteiger partial charge in [-0.3, -0.25) is 19.1 Å². The van der Waals surface area contributed by atoms with Gasteiger partial charge in [0.2, 0.25) is 27.7 Å². The molecule has 14 nitrogen and oxygen atoms in total. The molecule has 4 heterocycles. The van der Waals surface area contributed by atoms with E-state index in [0.29, 0.717) is 49.0 Å². The van der Waals surface area contributed by atoms with Crippen LogP contribution in [-0.2, 0) is 24.4 Å². The minimum Gasteiger partial charge on any atom is -0.497 e. The normalized spacial score (nSPS) is 30.4. The molecule has 3 saturated carbocycles. The molecule has 3 aliphatic heterocycles. The molecule has 0 unspecified atom stereocenters. The molecule has 8 rings (SSSR count). The second kappa shape index (κ2) is 15.4. The lowest BCUT2D eigenvalue weighted by atomic mass is 9.96. The SMILES string of the molecule is C=C[C@H]1C[C@@]1(NC(=O)[C@@H]1C[C@@H]2CN1C(=O)[C@H](C1CCCC1)NC(=O)N1CC[C@H](CCC/C=C/c3cc4ccc(OC)cc4nc3O2)C1)C(=O)NS(=O)(=O)C1CC1. The molecular weight excluding hydrogens is 737 g/mol. The van der Waals surface area contributed by atoms with E-state index in [1.54, 1.807) is 7.11 Å². The van der Waals surface area contributed by atoms with E-state index in [-0.39, 0.29) is 37.2 Å². The highest BCUT2D eigenvalue weighted by atomic mass is 32.2. The van der Waals surface area contributed by atoms with E-state index in [1.807, 2.05) is 35.2 Å². The highest BCUT2D eigenvalue weighted by Gasteiger charge is 2.62. The maximum Gasteiger partial charge on any atom is 0.318 e. The molecule has 3 N–H and O–H groups in total.